The highest BCUT2D eigenvalue weighted by Gasteiger charge is 2.60. The predicted molar refractivity (Wildman–Crippen MR) is 320 cm³/mol. The molecule has 0 unspecified atom stereocenters. The molecule has 3 heterocycles. The van der Waals surface area contributed by atoms with E-state index in [2.05, 4.69) is 0 Å². The third-order valence-electron chi connectivity index (χ3n) is 15.3. The second-order valence-electron chi connectivity index (χ2n) is 21.1. The van der Waals surface area contributed by atoms with E-state index in [0.717, 1.165) is 39.6 Å². The Morgan fingerprint density at radius 2 is 1.03 bits per heavy atom. The van der Waals surface area contributed by atoms with Gasteiger partial charge in [0.25, 0.3) is 15.6 Å². The van der Waals surface area contributed by atoms with Gasteiger partial charge >= 0.3 is 18.1 Å². The first-order valence-corrected chi connectivity index (χ1v) is 29.4. The number of carbonyl (C=O) groups excluding carboxylic acids is 5. The van der Waals surface area contributed by atoms with E-state index in [0.29, 0.717) is 16.9 Å². The van der Waals surface area contributed by atoms with Gasteiger partial charge in [-0.15, -0.1) is 0 Å². The summed E-state index contributed by atoms with van der Waals surface area (Å²) in [5.74, 6) is -4.30. The number of halogens is 3. The number of nitrogens with one attached hydrogen (secondary N) is 1. The summed E-state index contributed by atoms with van der Waals surface area (Å²) >= 11 is 18.7. The van der Waals surface area contributed by atoms with Gasteiger partial charge in [0, 0.05) is 24.0 Å². The second kappa shape index (κ2) is 29.1. The fourth-order valence-corrected chi connectivity index (χ4v) is 11.1. The van der Waals surface area contributed by atoms with Gasteiger partial charge in [-0.2, -0.15) is 0 Å². The maximum Gasteiger partial charge on any atom is 0.508 e. The number of alkyl halides is 3. The zero-order valence-electron chi connectivity index (χ0n) is 48.0. The highest BCUT2D eigenvalue weighted by Crippen LogP contribution is 2.45. The topological polar surface area (TPSA) is 223 Å². The number of nitrogens with zero attached hydrogens (tertiary/aromatic N) is 1. The molecule has 1 aliphatic carbocycles. The fourth-order valence-electron chi connectivity index (χ4n) is 10.9. The summed E-state index contributed by atoms with van der Waals surface area (Å²) in [4.78, 5) is 71.9. The number of imide groups is 1. The lowest BCUT2D eigenvalue weighted by molar-refractivity contribution is -0.356. The van der Waals surface area contributed by atoms with Crippen molar-refractivity contribution in [1.29, 1.82) is 5.41 Å². The number of para-hydroxylation sites is 1. The summed E-state index contributed by atoms with van der Waals surface area (Å²) in [6, 6.07) is 49.6. The average molecular weight is 1260 g/mol. The Morgan fingerprint density at radius 3 is 1.59 bits per heavy atom. The molecule has 0 spiro atoms. The van der Waals surface area contributed by atoms with E-state index >= 15 is 0 Å². The average Bonchev–Trinajstić information content (AvgIpc) is 3.53. The van der Waals surface area contributed by atoms with Gasteiger partial charge in [0.15, 0.2) is 25.1 Å². The van der Waals surface area contributed by atoms with Gasteiger partial charge in [-0.3, -0.25) is 24.7 Å². The van der Waals surface area contributed by atoms with Gasteiger partial charge in [-0.25, -0.2) is 9.59 Å². The van der Waals surface area contributed by atoms with Crippen molar-refractivity contribution in [3.63, 3.8) is 0 Å². The Hall–Kier alpha value is -7.69. The van der Waals surface area contributed by atoms with Gasteiger partial charge in [0.2, 0.25) is 12.2 Å². The van der Waals surface area contributed by atoms with E-state index in [4.69, 9.17) is 97.1 Å². The van der Waals surface area contributed by atoms with Crippen molar-refractivity contribution in [2.75, 3.05) is 26.4 Å². The molecule has 88 heavy (non-hydrogen) atoms. The summed E-state index contributed by atoms with van der Waals surface area (Å²) in [5, 5.41) is 8.79. The molecule has 10 atom stereocenters. The number of esters is 2. The van der Waals surface area contributed by atoms with E-state index in [1.165, 1.54) is 13.8 Å². The summed E-state index contributed by atoms with van der Waals surface area (Å²) in [5.41, 5.74) is 6.17. The van der Waals surface area contributed by atoms with Crippen LogP contribution in [-0.2, 0) is 91.1 Å². The first-order chi connectivity index (χ1) is 42.5. The SMILES string of the molecule is CC(=O)O[C@@H]1[C@H](O[C@H]2[C@H](OCc3ccccc3)[C@@H](N3C(=O)C(C)=C(C)C3=O)[C@H](OC(=N)C(Cl)(Cl)Cl)O[C@@H]2COCc2ccccc2)O[C@H](COC(=O)OCC2c3ccccc3-c3ccccc32)[C@@H](OCc2ccccc2)[C@@H]1OC(=O)COc1ccccc1. The Balaban J connectivity index is 1.05. The summed E-state index contributed by atoms with van der Waals surface area (Å²) in [6.45, 7) is 1.99. The molecule has 1 N–H and O–H groups in total. The molecule has 6 aromatic carbocycles. The molecule has 22 heteroatoms. The number of ether oxygens (including phenoxy) is 12. The number of hydrogen-bond acceptors (Lipinski definition) is 18. The monoisotopic (exact) mass is 1260 g/mol. The number of rotatable bonds is 23. The molecular weight excluding hydrogens is 1200 g/mol. The van der Waals surface area contributed by atoms with Crippen LogP contribution in [0.15, 0.2) is 181 Å². The van der Waals surface area contributed by atoms with Crippen molar-refractivity contribution in [2.24, 2.45) is 0 Å². The third kappa shape index (κ3) is 15.2. The molecule has 10 rings (SSSR count). The predicted octanol–water partition coefficient (Wildman–Crippen LogP) is 10.5. The molecule has 2 fully saturated rings. The minimum Gasteiger partial charge on any atom is -0.482 e. The van der Waals surface area contributed by atoms with Crippen molar-refractivity contribution >= 4 is 70.6 Å². The molecular formula is C66H63Cl3N2O17. The van der Waals surface area contributed by atoms with Crippen LogP contribution >= 0.6 is 34.8 Å². The van der Waals surface area contributed by atoms with Crippen LogP contribution in [0.4, 0.5) is 4.79 Å². The lowest BCUT2D eigenvalue weighted by atomic mass is 9.93. The quantitative estimate of drug-likeness (QED) is 0.0157. The van der Waals surface area contributed by atoms with Crippen LogP contribution < -0.4 is 4.74 Å². The second-order valence-corrected chi connectivity index (χ2v) is 23.4. The normalized spacial score (nSPS) is 23.4. The van der Waals surface area contributed by atoms with Crippen LogP contribution in [0.5, 0.6) is 5.75 Å². The standard InChI is InChI=1S/C66H63Cl3N2O17/c1-39-40(2)61(75)71(60(39)74)54-57(80-34-44-24-12-6-13-25-44)56(51(36-77-32-42-20-8-4-9-21-42)84-62(54)88-64(70)66(67,68)69)87-63-59(83-41(3)72)58(86-53(73)38-78-45-26-14-7-15-27-45)55(79-33-43-22-10-5-11-23-43)52(85-63)37-82-65(76)81-35-50-48-30-18-16-28-46(48)47-29-17-19-31-49(47)50/h4-31,50-52,54-59,62-63,70H,32-38H2,1-3H3/t51-,52-,54-,55-,56-,57-,58+,59+,62+,63+/m1/s1. The summed E-state index contributed by atoms with van der Waals surface area (Å²) < 4.78 is 74.2. The fraction of sp³-hybridized carbons (Fsp3) is 0.333. The van der Waals surface area contributed by atoms with Crippen LogP contribution in [-0.4, -0.2) is 132 Å². The maximum absolute atomic E-state index is 14.5. The maximum atomic E-state index is 14.5. The van der Waals surface area contributed by atoms with Crippen LogP contribution in [0.3, 0.4) is 0 Å². The smallest absolute Gasteiger partial charge is 0.482 e. The lowest BCUT2D eigenvalue weighted by Gasteiger charge is -2.51. The van der Waals surface area contributed by atoms with Crippen LogP contribution in [0.2, 0.25) is 0 Å². The van der Waals surface area contributed by atoms with Crippen LogP contribution in [0.1, 0.15) is 54.5 Å². The van der Waals surface area contributed by atoms with Gasteiger partial charge in [0.05, 0.1) is 26.4 Å². The molecule has 0 saturated carbocycles. The highest BCUT2D eigenvalue weighted by molar-refractivity contribution is 6.76. The zero-order valence-corrected chi connectivity index (χ0v) is 50.3. The third-order valence-corrected chi connectivity index (χ3v) is 15.8. The summed E-state index contributed by atoms with van der Waals surface area (Å²) in [7, 11) is 0. The Kier molecular flexibility index (Phi) is 20.9. The first-order valence-electron chi connectivity index (χ1n) is 28.3. The van der Waals surface area contributed by atoms with Crippen molar-refractivity contribution in [3.8, 4) is 16.9 Å². The molecule has 2 saturated heterocycles. The van der Waals surface area contributed by atoms with Gasteiger partial charge in [-0.05, 0) is 64.9 Å². The van der Waals surface area contributed by atoms with E-state index in [-0.39, 0.29) is 50.1 Å². The Bertz CT molecular complexity index is 3380. The van der Waals surface area contributed by atoms with Crippen LogP contribution in [0.25, 0.3) is 11.1 Å². The molecule has 4 aliphatic rings. The molecule has 460 valence electrons. The largest absolute Gasteiger partial charge is 0.508 e. The molecule has 6 aromatic rings. The van der Waals surface area contributed by atoms with Crippen molar-refractivity contribution < 1.29 is 80.8 Å². The van der Waals surface area contributed by atoms with Crippen LogP contribution in [0, 0.1) is 5.41 Å². The number of carbonyl (C=O) groups is 5. The molecule has 2 amide bonds. The molecule has 0 aromatic heterocycles. The zero-order chi connectivity index (χ0) is 61.9. The summed E-state index contributed by atoms with van der Waals surface area (Å²) in [6.07, 6.45) is -15.6. The van der Waals surface area contributed by atoms with Gasteiger partial charge in [0.1, 0.15) is 55.5 Å². The molecule has 0 bridgehead atoms. The van der Waals surface area contributed by atoms with Crippen molar-refractivity contribution in [1.82, 2.24) is 4.90 Å². The number of hydrogen-bond donors (Lipinski definition) is 1. The van der Waals surface area contributed by atoms with E-state index < -0.39 is 114 Å². The molecule has 3 aliphatic heterocycles. The highest BCUT2D eigenvalue weighted by atomic mass is 35.6. The van der Waals surface area contributed by atoms with E-state index in [9.17, 15) is 24.0 Å². The Morgan fingerprint density at radius 1 is 0.545 bits per heavy atom. The van der Waals surface area contributed by atoms with Crippen molar-refractivity contribution in [3.05, 3.63) is 209 Å². The number of fused-ring (bicyclic) bond motifs is 3. The minimum absolute atomic E-state index is 0.0160. The van der Waals surface area contributed by atoms with E-state index in [1.807, 2.05) is 84.9 Å². The molecule has 19 nitrogen and oxygen atoms in total. The Labute approximate surface area is 522 Å². The van der Waals surface area contributed by atoms with Gasteiger partial charge < -0.3 is 56.8 Å². The van der Waals surface area contributed by atoms with Crippen molar-refractivity contribution in [2.45, 2.75) is 112 Å². The van der Waals surface area contributed by atoms with Gasteiger partial charge in [-0.1, -0.05) is 193 Å². The van der Waals surface area contributed by atoms with E-state index in [1.54, 1.807) is 84.9 Å². The number of amides is 2. The first kappa shape index (κ1) is 63.3. The lowest BCUT2D eigenvalue weighted by Crippen LogP contribution is -2.70. The minimum atomic E-state index is -2.48. The molecule has 0 radical (unpaired) electrons. The number of benzene rings is 6.